The van der Waals surface area contributed by atoms with E-state index in [1.807, 2.05) is 13.0 Å². The second-order valence-corrected chi connectivity index (χ2v) is 3.64. The highest BCUT2D eigenvalue weighted by molar-refractivity contribution is 5.45. The van der Waals surface area contributed by atoms with Crippen LogP contribution in [0.15, 0.2) is 18.2 Å². The Morgan fingerprint density at radius 1 is 1.27 bits per heavy atom. The van der Waals surface area contributed by atoms with Gasteiger partial charge in [-0.3, -0.25) is 0 Å². The fourth-order valence-corrected chi connectivity index (χ4v) is 1.44. The summed E-state index contributed by atoms with van der Waals surface area (Å²) in [6.07, 6.45) is 2.06. The summed E-state index contributed by atoms with van der Waals surface area (Å²) in [5, 5.41) is 3.19. The van der Waals surface area contributed by atoms with Gasteiger partial charge in [0.2, 0.25) is 0 Å². The largest absolute Gasteiger partial charge is 0.385 e. The third-order valence-corrected chi connectivity index (χ3v) is 2.15. The zero-order valence-electron chi connectivity index (χ0n) is 9.35. The minimum Gasteiger partial charge on any atom is -0.385 e. The molecule has 1 aromatic rings. The number of nitrogens with one attached hydrogen (secondary N) is 1. The van der Waals surface area contributed by atoms with E-state index in [4.69, 9.17) is 4.74 Å². The number of benzene rings is 1. The van der Waals surface area contributed by atoms with Gasteiger partial charge in [0.25, 0.3) is 0 Å². The van der Waals surface area contributed by atoms with Crippen molar-refractivity contribution >= 4 is 5.69 Å². The van der Waals surface area contributed by atoms with Crippen molar-refractivity contribution in [1.29, 1.82) is 0 Å². The Morgan fingerprint density at radius 2 is 2.07 bits per heavy atom. The molecular formula is C12H18FNO. The molecule has 0 bridgehead atoms. The lowest BCUT2D eigenvalue weighted by Gasteiger charge is -2.07. The minimum atomic E-state index is -0.186. The molecule has 0 saturated heterocycles. The average Bonchev–Trinajstić information content (AvgIpc) is 2.16. The first-order chi connectivity index (χ1) is 7.22. The van der Waals surface area contributed by atoms with Crippen LogP contribution in [0, 0.1) is 12.7 Å². The predicted octanol–water partition coefficient (Wildman–Crippen LogP) is 2.97. The van der Waals surface area contributed by atoms with Crippen molar-refractivity contribution in [2.24, 2.45) is 0 Å². The molecule has 84 valence electrons. The fourth-order valence-electron chi connectivity index (χ4n) is 1.44. The highest BCUT2D eigenvalue weighted by Gasteiger charge is 1.97. The topological polar surface area (TPSA) is 21.3 Å². The Bertz CT molecular complexity index is 281. The number of rotatable bonds is 6. The van der Waals surface area contributed by atoms with Crippen molar-refractivity contribution < 1.29 is 9.13 Å². The highest BCUT2D eigenvalue weighted by Crippen LogP contribution is 2.13. The van der Waals surface area contributed by atoms with E-state index in [9.17, 15) is 4.39 Å². The summed E-state index contributed by atoms with van der Waals surface area (Å²) in [6, 6.07) is 4.98. The van der Waals surface area contributed by atoms with E-state index in [-0.39, 0.29) is 5.82 Å². The van der Waals surface area contributed by atoms with Crippen LogP contribution in [0.25, 0.3) is 0 Å². The Morgan fingerprint density at radius 3 is 2.73 bits per heavy atom. The van der Waals surface area contributed by atoms with Crippen LogP contribution in [0.5, 0.6) is 0 Å². The zero-order valence-corrected chi connectivity index (χ0v) is 9.35. The second-order valence-electron chi connectivity index (χ2n) is 3.64. The third-order valence-electron chi connectivity index (χ3n) is 2.15. The van der Waals surface area contributed by atoms with Crippen LogP contribution in [0.3, 0.4) is 0 Å². The maximum atomic E-state index is 13.0. The lowest BCUT2D eigenvalue weighted by molar-refractivity contribution is 0.194. The fraction of sp³-hybridized carbons (Fsp3) is 0.500. The normalized spacial score (nSPS) is 10.3. The summed E-state index contributed by atoms with van der Waals surface area (Å²) in [5.74, 6) is -0.186. The van der Waals surface area contributed by atoms with Crippen molar-refractivity contribution in [1.82, 2.24) is 0 Å². The first-order valence-electron chi connectivity index (χ1n) is 5.22. The number of anilines is 1. The van der Waals surface area contributed by atoms with Crippen LogP contribution in [0.1, 0.15) is 18.4 Å². The molecule has 0 heterocycles. The van der Waals surface area contributed by atoms with Gasteiger partial charge in [-0.2, -0.15) is 0 Å². The van der Waals surface area contributed by atoms with E-state index in [2.05, 4.69) is 5.32 Å². The van der Waals surface area contributed by atoms with E-state index in [1.165, 1.54) is 12.1 Å². The third kappa shape index (κ3) is 4.79. The molecule has 1 N–H and O–H groups in total. The summed E-state index contributed by atoms with van der Waals surface area (Å²) < 4.78 is 17.9. The molecule has 0 aromatic heterocycles. The summed E-state index contributed by atoms with van der Waals surface area (Å²) in [5.41, 5.74) is 1.79. The average molecular weight is 211 g/mol. The molecule has 0 radical (unpaired) electrons. The van der Waals surface area contributed by atoms with Gasteiger partial charge >= 0.3 is 0 Å². The molecule has 0 unspecified atom stereocenters. The number of unbranched alkanes of at least 4 members (excludes halogenated alkanes) is 1. The molecule has 2 nitrogen and oxygen atoms in total. The van der Waals surface area contributed by atoms with Gasteiger partial charge in [-0.1, -0.05) is 0 Å². The van der Waals surface area contributed by atoms with Crippen LogP contribution in [0.2, 0.25) is 0 Å². The second kappa shape index (κ2) is 6.40. The van der Waals surface area contributed by atoms with Gasteiger partial charge < -0.3 is 10.1 Å². The van der Waals surface area contributed by atoms with Gasteiger partial charge in [-0.05, 0) is 43.5 Å². The monoisotopic (exact) mass is 211 g/mol. The van der Waals surface area contributed by atoms with Crippen molar-refractivity contribution in [2.45, 2.75) is 19.8 Å². The zero-order chi connectivity index (χ0) is 11.1. The van der Waals surface area contributed by atoms with E-state index in [0.29, 0.717) is 0 Å². The summed E-state index contributed by atoms with van der Waals surface area (Å²) in [7, 11) is 1.70. The van der Waals surface area contributed by atoms with Gasteiger partial charge in [0, 0.05) is 25.9 Å². The van der Waals surface area contributed by atoms with E-state index in [0.717, 1.165) is 37.2 Å². The summed E-state index contributed by atoms with van der Waals surface area (Å²) in [4.78, 5) is 0. The van der Waals surface area contributed by atoms with E-state index < -0.39 is 0 Å². The van der Waals surface area contributed by atoms with Gasteiger partial charge in [0.15, 0.2) is 0 Å². The van der Waals surface area contributed by atoms with Crippen molar-refractivity contribution in [2.75, 3.05) is 25.6 Å². The Kier molecular flexibility index (Phi) is 5.12. The Hall–Kier alpha value is -1.09. The van der Waals surface area contributed by atoms with Crippen molar-refractivity contribution in [3.63, 3.8) is 0 Å². The first kappa shape index (κ1) is 12.0. The van der Waals surface area contributed by atoms with Crippen molar-refractivity contribution in [3.05, 3.63) is 29.6 Å². The number of ether oxygens (including phenoxy) is 1. The maximum Gasteiger partial charge on any atom is 0.125 e. The Balaban J connectivity index is 2.31. The smallest absolute Gasteiger partial charge is 0.125 e. The lowest BCUT2D eigenvalue weighted by atomic mass is 10.2. The number of hydrogen-bond donors (Lipinski definition) is 1. The number of halogens is 1. The molecule has 1 rings (SSSR count). The molecule has 3 heteroatoms. The molecule has 15 heavy (non-hydrogen) atoms. The standard InChI is InChI=1S/C12H18FNO/c1-10-7-11(13)9-12(8-10)14-5-3-4-6-15-2/h7-9,14H,3-6H2,1-2H3. The first-order valence-corrected chi connectivity index (χ1v) is 5.22. The van der Waals surface area contributed by atoms with Crippen LogP contribution in [-0.4, -0.2) is 20.3 Å². The predicted molar refractivity (Wildman–Crippen MR) is 60.7 cm³/mol. The molecule has 1 aromatic carbocycles. The minimum absolute atomic E-state index is 0.186. The van der Waals surface area contributed by atoms with Gasteiger partial charge in [-0.25, -0.2) is 4.39 Å². The van der Waals surface area contributed by atoms with Gasteiger partial charge in [-0.15, -0.1) is 0 Å². The number of methoxy groups -OCH3 is 1. The van der Waals surface area contributed by atoms with E-state index in [1.54, 1.807) is 7.11 Å². The number of hydrogen-bond acceptors (Lipinski definition) is 2. The maximum absolute atomic E-state index is 13.0. The molecule has 0 saturated carbocycles. The molecular weight excluding hydrogens is 193 g/mol. The summed E-state index contributed by atoms with van der Waals surface area (Å²) in [6.45, 7) is 3.52. The van der Waals surface area contributed by atoms with E-state index >= 15 is 0 Å². The molecule has 0 aliphatic rings. The number of aryl methyl sites for hydroxylation is 1. The van der Waals surface area contributed by atoms with Crippen LogP contribution < -0.4 is 5.32 Å². The SMILES string of the molecule is COCCCCNc1cc(C)cc(F)c1. The van der Waals surface area contributed by atoms with Gasteiger partial charge in [0.05, 0.1) is 0 Å². The molecule has 0 spiro atoms. The molecule has 0 aliphatic heterocycles. The van der Waals surface area contributed by atoms with Crippen molar-refractivity contribution in [3.8, 4) is 0 Å². The molecule has 0 aliphatic carbocycles. The Labute approximate surface area is 90.4 Å². The quantitative estimate of drug-likeness (QED) is 0.730. The van der Waals surface area contributed by atoms with Gasteiger partial charge in [0.1, 0.15) is 5.82 Å². The molecule has 0 amide bonds. The van der Waals surface area contributed by atoms with Crippen LogP contribution in [-0.2, 0) is 4.74 Å². The molecule has 0 atom stereocenters. The highest BCUT2D eigenvalue weighted by atomic mass is 19.1. The summed E-state index contributed by atoms with van der Waals surface area (Å²) >= 11 is 0. The van der Waals surface area contributed by atoms with Crippen LogP contribution >= 0.6 is 0 Å². The molecule has 0 fully saturated rings. The van der Waals surface area contributed by atoms with Crippen LogP contribution in [0.4, 0.5) is 10.1 Å². The lowest BCUT2D eigenvalue weighted by Crippen LogP contribution is -2.03.